The Balaban J connectivity index is 2.54. The molecule has 0 radical (unpaired) electrons. The topological polar surface area (TPSA) is 29.9 Å². The Hall–Kier alpha value is -1.32. The van der Waals surface area contributed by atoms with Crippen LogP contribution in [0.1, 0.15) is 22.5 Å². The Morgan fingerprint density at radius 3 is 2.61 bits per heavy atom. The molecule has 0 unspecified atom stereocenters. The minimum atomic E-state index is 0.758. The minimum Gasteiger partial charge on any atom is -0.316 e. The second-order valence-corrected chi connectivity index (χ2v) is 4.96. The smallest absolute Gasteiger partial charge is 0.0679 e. The van der Waals surface area contributed by atoms with E-state index in [2.05, 4.69) is 24.3 Å². The van der Waals surface area contributed by atoms with Crippen molar-refractivity contribution < 1.29 is 0 Å². The number of hydrogen-bond donors (Lipinski definition) is 1. The van der Waals surface area contributed by atoms with Crippen molar-refractivity contribution in [2.24, 2.45) is 0 Å². The summed E-state index contributed by atoms with van der Waals surface area (Å²) in [7, 11) is 1.95. The molecular formula is C14H18ClN3. The predicted molar refractivity (Wildman–Crippen MR) is 75.5 cm³/mol. The van der Waals surface area contributed by atoms with Gasteiger partial charge in [0, 0.05) is 22.8 Å². The highest BCUT2D eigenvalue weighted by atomic mass is 35.5. The summed E-state index contributed by atoms with van der Waals surface area (Å²) < 4.78 is 1.99. The summed E-state index contributed by atoms with van der Waals surface area (Å²) in [5, 5.41) is 8.56. The number of halogens is 1. The maximum absolute atomic E-state index is 5.99. The van der Waals surface area contributed by atoms with Crippen LogP contribution in [0.5, 0.6) is 0 Å². The van der Waals surface area contributed by atoms with Gasteiger partial charge in [-0.2, -0.15) is 5.10 Å². The molecule has 1 heterocycles. The van der Waals surface area contributed by atoms with Crippen LogP contribution >= 0.6 is 11.6 Å². The van der Waals surface area contributed by atoms with Crippen molar-refractivity contribution in [3.05, 3.63) is 45.7 Å². The number of benzene rings is 1. The van der Waals surface area contributed by atoms with Crippen molar-refractivity contribution in [3.63, 3.8) is 0 Å². The molecule has 0 saturated heterocycles. The van der Waals surface area contributed by atoms with Crippen molar-refractivity contribution >= 4 is 11.6 Å². The fourth-order valence-corrected chi connectivity index (χ4v) is 2.43. The lowest BCUT2D eigenvalue weighted by molar-refractivity contribution is 0.800. The Labute approximate surface area is 113 Å². The molecule has 0 saturated carbocycles. The molecule has 3 nitrogen and oxygen atoms in total. The van der Waals surface area contributed by atoms with Crippen molar-refractivity contribution in [1.82, 2.24) is 15.1 Å². The minimum absolute atomic E-state index is 0.758. The average Bonchev–Trinajstić information content (AvgIpc) is 2.58. The summed E-state index contributed by atoms with van der Waals surface area (Å²) in [6, 6.07) is 5.88. The second kappa shape index (κ2) is 5.12. The van der Waals surface area contributed by atoms with E-state index in [1.165, 1.54) is 11.3 Å². The SMILES string of the molecule is CNCc1c(C)nn(-c2ccc(Cl)cc2C)c1C. The summed E-state index contributed by atoms with van der Waals surface area (Å²) in [6.07, 6.45) is 0. The Kier molecular flexibility index (Phi) is 3.73. The van der Waals surface area contributed by atoms with Crippen molar-refractivity contribution in [2.45, 2.75) is 27.3 Å². The van der Waals surface area contributed by atoms with E-state index in [1.807, 2.05) is 36.9 Å². The van der Waals surface area contributed by atoms with Gasteiger partial charge in [-0.3, -0.25) is 0 Å². The lowest BCUT2D eigenvalue weighted by Crippen LogP contribution is -2.07. The Morgan fingerprint density at radius 1 is 1.28 bits per heavy atom. The van der Waals surface area contributed by atoms with E-state index in [0.29, 0.717) is 0 Å². The first-order valence-electron chi connectivity index (χ1n) is 6.00. The van der Waals surface area contributed by atoms with Crippen molar-refractivity contribution in [1.29, 1.82) is 0 Å². The van der Waals surface area contributed by atoms with E-state index < -0.39 is 0 Å². The highest BCUT2D eigenvalue weighted by molar-refractivity contribution is 6.30. The first-order chi connectivity index (χ1) is 8.54. The van der Waals surface area contributed by atoms with Gasteiger partial charge < -0.3 is 5.32 Å². The third-order valence-corrected chi connectivity index (χ3v) is 3.42. The third kappa shape index (κ3) is 2.28. The largest absolute Gasteiger partial charge is 0.316 e. The maximum Gasteiger partial charge on any atom is 0.0679 e. The summed E-state index contributed by atoms with van der Waals surface area (Å²) in [5.74, 6) is 0. The van der Waals surface area contributed by atoms with Crippen LogP contribution in [0.4, 0.5) is 0 Å². The summed E-state index contributed by atoms with van der Waals surface area (Å²) in [6.45, 7) is 7.03. The number of rotatable bonds is 3. The molecule has 0 aliphatic heterocycles. The molecule has 0 bridgehead atoms. The third-order valence-electron chi connectivity index (χ3n) is 3.18. The van der Waals surface area contributed by atoms with Gasteiger partial charge in [-0.25, -0.2) is 4.68 Å². The molecule has 0 aliphatic carbocycles. The summed E-state index contributed by atoms with van der Waals surface area (Å²) >= 11 is 5.99. The number of nitrogens with one attached hydrogen (secondary N) is 1. The van der Waals surface area contributed by atoms with E-state index in [4.69, 9.17) is 11.6 Å². The van der Waals surface area contributed by atoms with Crippen LogP contribution in [0.3, 0.4) is 0 Å². The van der Waals surface area contributed by atoms with Crippen LogP contribution in [-0.4, -0.2) is 16.8 Å². The van der Waals surface area contributed by atoms with Crippen LogP contribution in [0.2, 0.25) is 5.02 Å². The number of nitrogens with zero attached hydrogens (tertiary/aromatic N) is 2. The highest BCUT2D eigenvalue weighted by Gasteiger charge is 2.13. The molecule has 2 aromatic rings. The van der Waals surface area contributed by atoms with E-state index in [-0.39, 0.29) is 0 Å². The monoisotopic (exact) mass is 263 g/mol. The van der Waals surface area contributed by atoms with Gasteiger partial charge in [0.25, 0.3) is 0 Å². The van der Waals surface area contributed by atoms with Crippen molar-refractivity contribution in [2.75, 3.05) is 7.05 Å². The zero-order chi connectivity index (χ0) is 13.3. The lowest BCUT2D eigenvalue weighted by atomic mass is 10.1. The van der Waals surface area contributed by atoms with Gasteiger partial charge in [0.05, 0.1) is 11.4 Å². The molecular weight excluding hydrogens is 246 g/mol. The standard InChI is InChI=1S/C14H18ClN3/c1-9-7-12(15)5-6-14(9)18-11(3)13(8-16-4)10(2)17-18/h5-7,16H,8H2,1-4H3. The fourth-order valence-electron chi connectivity index (χ4n) is 2.20. The number of aromatic nitrogens is 2. The maximum atomic E-state index is 5.99. The molecule has 4 heteroatoms. The van der Waals surface area contributed by atoms with Crippen molar-refractivity contribution in [3.8, 4) is 5.69 Å². The van der Waals surface area contributed by atoms with Gasteiger partial charge in [-0.1, -0.05) is 11.6 Å². The normalized spacial score (nSPS) is 10.9. The second-order valence-electron chi connectivity index (χ2n) is 4.52. The molecule has 1 aromatic carbocycles. The first kappa shape index (κ1) is 13.1. The molecule has 0 spiro atoms. The first-order valence-corrected chi connectivity index (χ1v) is 6.38. The molecule has 96 valence electrons. The Bertz CT molecular complexity index is 573. The molecule has 0 amide bonds. The predicted octanol–water partition coefficient (Wildman–Crippen LogP) is 3.17. The lowest BCUT2D eigenvalue weighted by Gasteiger charge is -2.09. The van der Waals surface area contributed by atoms with E-state index in [1.54, 1.807) is 0 Å². The van der Waals surface area contributed by atoms with Gasteiger partial charge in [0.15, 0.2) is 0 Å². The zero-order valence-corrected chi connectivity index (χ0v) is 12.0. The molecule has 0 aliphatic rings. The summed E-state index contributed by atoms with van der Waals surface area (Å²) in [4.78, 5) is 0. The van der Waals surface area contributed by atoms with Crippen LogP contribution in [0, 0.1) is 20.8 Å². The van der Waals surface area contributed by atoms with Gasteiger partial charge in [0.2, 0.25) is 0 Å². The van der Waals surface area contributed by atoms with E-state index >= 15 is 0 Å². The quantitative estimate of drug-likeness (QED) is 0.922. The van der Waals surface area contributed by atoms with Gasteiger partial charge in [0.1, 0.15) is 0 Å². The van der Waals surface area contributed by atoms with Gasteiger partial charge in [-0.15, -0.1) is 0 Å². The summed E-state index contributed by atoms with van der Waals surface area (Å²) in [5.41, 5.74) is 5.71. The molecule has 2 rings (SSSR count). The Morgan fingerprint density at radius 2 is 2.00 bits per heavy atom. The van der Waals surface area contributed by atoms with Crippen LogP contribution in [-0.2, 0) is 6.54 Å². The molecule has 0 atom stereocenters. The van der Waals surface area contributed by atoms with E-state index in [0.717, 1.165) is 28.5 Å². The van der Waals surface area contributed by atoms with Gasteiger partial charge >= 0.3 is 0 Å². The zero-order valence-electron chi connectivity index (χ0n) is 11.2. The van der Waals surface area contributed by atoms with Crippen LogP contribution in [0.15, 0.2) is 18.2 Å². The van der Waals surface area contributed by atoms with E-state index in [9.17, 15) is 0 Å². The highest BCUT2D eigenvalue weighted by Crippen LogP contribution is 2.22. The molecule has 1 N–H and O–H groups in total. The van der Waals surface area contributed by atoms with Crippen LogP contribution in [0.25, 0.3) is 5.69 Å². The van der Waals surface area contributed by atoms with Gasteiger partial charge in [-0.05, 0) is 51.6 Å². The number of aryl methyl sites for hydroxylation is 2. The van der Waals surface area contributed by atoms with Crippen LogP contribution < -0.4 is 5.32 Å². The molecule has 18 heavy (non-hydrogen) atoms. The fraction of sp³-hybridized carbons (Fsp3) is 0.357. The molecule has 0 fully saturated rings. The number of hydrogen-bond acceptors (Lipinski definition) is 2. The molecule has 1 aromatic heterocycles. The average molecular weight is 264 g/mol.